The highest BCUT2D eigenvalue weighted by Crippen LogP contribution is 2.29. The van der Waals surface area contributed by atoms with Crippen LogP contribution >= 0.6 is 11.6 Å². The number of carbonyl (C=O) groups excluding carboxylic acids is 1. The van der Waals surface area contributed by atoms with Gasteiger partial charge in [0.2, 0.25) is 0 Å². The highest BCUT2D eigenvalue weighted by atomic mass is 35.5. The quantitative estimate of drug-likeness (QED) is 0.422. The highest BCUT2D eigenvalue weighted by Gasteiger charge is 2.31. The molecule has 0 aliphatic heterocycles. The molecule has 0 radical (unpaired) electrons. The number of carbonyl (C=O) groups is 2. The fraction of sp³-hybridized carbons (Fsp3) is 0.478. The first kappa shape index (κ1) is 26.2. The van der Waals surface area contributed by atoms with E-state index in [2.05, 4.69) is 34.4 Å². The fourth-order valence-electron chi connectivity index (χ4n) is 3.29. The smallest absolute Gasteiger partial charge is 0.410 e. The van der Waals surface area contributed by atoms with Gasteiger partial charge >= 0.3 is 12.2 Å². The molecule has 180 valence electrons. The lowest BCUT2D eigenvalue weighted by atomic mass is 9.91. The number of hydrogen-bond donors (Lipinski definition) is 3. The summed E-state index contributed by atoms with van der Waals surface area (Å²) in [5, 5.41) is 14.1. The molecule has 33 heavy (non-hydrogen) atoms. The van der Waals surface area contributed by atoms with Crippen molar-refractivity contribution in [1.29, 1.82) is 0 Å². The van der Waals surface area contributed by atoms with Crippen molar-refractivity contribution in [1.82, 2.24) is 15.3 Å². The number of aromatic nitrogens is 2. The molecule has 0 aliphatic rings. The van der Waals surface area contributed by atoms with Gasteiger partial charge in [-0.25, -0.2) is 19.6 Å². The van der Waals surface area contributed by atoms with E-state index in [4.69, 9.17) is 26.2 Å². The lowest BCUT2D eigenvalue weighted by Gasteiger charge is -2.33. The van der Waals surface area contributed by atoms with E-state index in [1.807, 2.05) is 6.92 Å². The van der Waals surface area contributed by atoms with Gasteiger partial charge in [0, 0.05) is 11.8 Å². The summed E-state index contributed by atoms with van der Waals surface area (Å²) in [5.41, 5.74) is -0.140. The molecular formula is C23H31ClN4O5. The summed E-state index contributed by atoms with van der Waals surface area (Å²) in [6, 6.07) is 6.63. The SMILES string of the molecule is CC(C)CC(C)(COc1ccc(-c2ccnc(NC(=O)O)c2)nc1Cl)NC(=O)OC(C)(C)C. The van der Waals surface area contributed by atoms with E-state index in [9.17, 15) is 9.59 Å². The Morgan fingerprint density at radius 3 is 2.45 bits per heavy atom. The predicted octanol–water partition coefficient (Wildman–Crippen LogP) is 5.60. The van der Waals surface area contributed by atoms with Crippen molar-refractivity contribution >= 4 is 29.6 Å². The van der Waals surface area contributed by atoms with Crippen LogP contribution in [0.1, 0.15) is 48.0 Å². The van der Waals surface area contributed by atoms with Crippen molar-refractivity contribution in [2.24, 2.45) is 5.92 Å². The number of alkyl carbamates (subject to hydrolysis) is 1. The molecule has 1 unspecified atom stereocenters. The van der Waals surface area contributed by atoms with Gasteiger partial charge in [-0.1, -0.05) is 25.4 Å². The summed E-state index contributed by atoms with van der Waals surface area (Å²) in [6.45, 7) is 11.6. The van der Waals surface area contributed by atoms with Crippen LogP contribution in [0.5, 0.6) is 5.75 Å². The minimum atomic E-state index is -1.21. The third-order valence-electron chi connectivity index (χ3n) is 4.31. The molecule has 0 saturated carbocycles. The fourth-order valence-corrected chi connectivity index (χ4v) is 3.50. The van der Waals surface area contributed by atoms with E-state index in [-0.39, 0.29) is 17.6 Å². The van der Waals surface area contributed by atoms with Crippen molar-refractivity contribution in [2.75, 3.05) is 11.9 Å². The second-order valence-electron chi connectivity index (χ2n) is 9.42. The first-order valence-corrected chi connectivity index (χ1v) is 10.9. The zero-order valence-electron chi connectivity index (χ0n) is 19.7. The van der Waals surface area contributed by atoms with Crippen molar-refractivity contribution in [3.05, 3.63) is 35.6 Å². The lowest BCUT2D eigenvalue weighted by Crippen LogP contribution is -2.52. The molecule has 2 aromatic heterocycles. The summed E-state index contributed by atoms with van der Waals surface area (Å²) < 4.78 is 11.3. The Morgan fingerprint density at radius 1 is 1.18 bits per heavy atom. The van der Waals surface area contributed by atoms with E-state index in [1.165, 1.54) is 6.20 Å². The third-order valence-corrected chi connectivity index (χ3v) is 4.58. The third kappa shape index (κ3) is 8.76. The topological polar surface area (TPSA) is 123 Å². The Balaban J connectivity index is 2.15. The summed E-state index contributed by atoms with van der Waals surface area (Å²) in [4.78, 5) is 31.5. The van der Waals surface area contributed by atoms with Crippen LogP contribution in [0.2, 0.25) is 5.15 Å². The molecule has 2 heterocycles. The second-order valence-corrected chi connectivity index (χ2v) is 9.78. The molecular weight excluding hydrogens is 448 g/mol. The number of nitrogens with zero attached hydrogens (tertiary/aromatic N) is 2. The zero-order chi connectivity index (χ0) is 24.8. The van der Waals surface area contributed by atoms with Gasteiger partial charge in [-0.15, -0.1) is 0 Å². The minimum Gasteiger partial charge on any atom is -0.488 e. The first-order chi connectivity index (χ1) is 15.3. The molecule has 3 N–H and O–H groups in total. The van der Waals surface area contributed by atoms with Crippen molar-refractivity contribution in [3.63, 3.8) is 0 Å². The molecule has 10 heteroatoms. The van der Waals surface area contributed by atoms with Gasteiger partial charge in [-0.2, -0.15) is 0 Å². The number of amides is 2. The molecule has 0 fully saturated rings. The van der Waals surface area contributed by atoms with Gasteiger partial charge in [-0.3, -0.25) is 5.32 Å². The molecule has 2 amide bonds. The van der Waals surface area contributed by atoms with Crippen LogP contribution in [0.25, 0.3) is 11.3 Å². The van der Waals surface area contributed by atoms with E-state index < -0.39 is 23.3 Å². The van der Waals surface area contributed by atoms with Crippen LogP contribution in [0, 0.1) is 5.92 Å². The number of rotatable bonds is 8. The van der Waals surface area contributed by atoms with Gasteiger partial charge in [0.05, 0.1) is 11.2 Å². The molecule has 0 bridgehead atoms. The van der Waals surface area contributed by atoms with Gasteiger partial charge in [0.15, 0.2) is 10.9 Å². The number of carboxylic acid groups (broad SMARTS) is 1. The Kier molecular flexibility index (Phi) is 8.49. The van der Waals surface area contributed by atoms with Crippen LogP contribution in [0.3, 0.4) is 0 Å². The Morgan fingerprint density at radius 2 is 1.88 bits per heavy atom. The summed E-state index contributed by atoms with van der Waals surface area (Å²) >= 11 is 6.36. The maximum Gasteiger partial charge on any atom is 0.410 e. The molecule has 0 saturated heterocycles. The first-order valence-electron chi connectivity index (χ1n) is 10.5. The van der Waals surface area contributed by atoms with Crippen LogP contribution in [0.4, 0.5) is 15.4 Å². The Bertz CT molecular complexity index is 993. The summed E-state index contributed by atoms with van der Waals surface area (Å²) in [6.07, 6.45) is 0.405. The molecule has 9 nitrogen and oxygen atoms in total. The summed E-state index contributed by atoms with van der Waals surface area (Å²) in [7, 11) is 0. The van der Waals surface area contributed by atoms with Gasteiger partial charge < -0.3 is 19.9 Å². The van der Waals surface area contributed by atoms with Crippen LogP contribution in [-0.4, -0.2) is 45.0 Å². The van der Waals surface area contributed by atoms with E-state index in [1.54, 1.807) is 45.0 Å². The number of hydrogen-bond acceptors (Lipinski definition) is 6. The van der Waals surface area contributed by atoms with Gasteiger partial charge in [0.25, 0.3) is 0 Å². The van der Waals surface area contributed by atoms with Crippen LogP contribution in [-0.2, 0) is 4.74 Å². The van der Waals surface area contributed by atoms with Crippen LogP contribution in [0.15, 0.2) is 30.5 Å². The number of pyridine rings is 2. The standard InChI is InChI=1S/C23H31ClN4O5/c1-14(2)12-23(6,28-21(31)33-22(3,4)5)13-32-17-8-7-16(26-19(17)24)15-9-10-25-18(11-15)27-20(29)30/h7-11,14H,12-13H2,1-6H3,(H,25,27)(H,28,31)(H,29,30). The summed E-state index contributed by atoms with van der Waals surface area (Å²) in [5.74, 6) is 0.833. The van der Waals surface area contributed by atoms with E-state index in [0.717, 1.165) is 0 Å². The lowest BCUT2D eigenvalue weighted by molar-refractivity contribution is 0.0408. The molecule has 0 spiro atoms. The van der Waals surface area contributed by atoms with Crippen molar-refractivity contribution < 1.29 is 24.2 Å². The average Bonchev–Trinajstić information content (AvgIpc) is 2.64. The Hall–Kier alpha value is -3.07. The number of nitrogens with one attached hydrogen (secondary N) is 2. The zero-order valence-corrected chi connectivity index (χ0v) is 20.5. The maximum atomic E-state index is 12.4. The number of ether oxygens (including phenoxy) is 2. The van der Waals surface area contributed by atoms with Gasteiger partial charge in [0.1, 0.15) is 18.0 Å². The van der Waals surface area contributed by atoms with E-state index in [0.29, 0.717) is 29.3 Å². The number of halogens is 1. The largest absolute Gasteiger partial charge is 0.488 e. The molecule has 0 aliphatic carbocycles. The second kappa shape index (κ2) is 10.7. The monoisotopic (exact) mass is 478 g/mol. The van der Waals surface area contributed by atoms with Gasteiger partial charge in [-0.05, 0) is 64.3 Å². The van der Waals surface area contributed by atoms with Crippen molar-refractivity contribution in [2.45, 2.75) is 59.1 Å². The average molecular weight is 479 g/mol. The minimum absolute atomic E-state index is 0.140. The molecule has 0 aromatic carbocycles. The molecule has 1 atom stereocenters. The molecule has 2 rings (SSSR count). The maximum absolute atomic E-state index is 12.4. The molecule has 2 aromatic rings. The van der Waals surface area contributed by atoms with Crippen molar-refractivity contribution in [3.8, 4) is 17.0 Å². The van der Waals surface area contributed by atoms with E-state index >= 15 is 0 Å². The predicted molar refractivity (Wildman–Crippen MR) is 127 cm³/mol. The normalized spacial score (nSPS) is 13.2. The van der Waals surface area contributed by atoms with Crippen LogP contribution < -0.4 is 15.4 Å². The Labute approximate surface area is 198 Å². The number of anilines is 1. The highest BCUT2D eigenvalue weighted by molar-refractivity contribution is 6.31.